The van der Waals surface area contributed by atoms with Crippen molar-refractivity contribution in [1.82, 2.24) is 9.80 Å². The van der Waals surface area contributed by atoms with Gasteiger partial charge in [-0.05, 0) is 58.7 Å². The van der Waals surface area contributed by atoms with Crippen LogP contribution in [-0.2, 0) is 27.1 Å². The van der Waals surface area contributed by atoms with Crippen LogP contribution in [0.4, 0.5) is 0 Å². The first-order valence-corrected chi connectivity index (χ1v) is 15.7. The first kappa shape index (κ1) is 32.4. The van der Waals surface area contributed by atoms with Crippen LogP contribution in [0.2, 0.25) is 0 Å². The Balaban J connectivity index is 1.61. The van der Waals surface area contributed by atoms with Gasteiger partial charge in [0.2, 0.25) is 6.79 Å². The summed E-state index contributed by atoms with van der Waals surface area (Å²) in [5.74, 6) is 2.60. The number of aryl methyl sites for hydroxylation is 1. The van der Waals surface area contributed by atoms with E-state index in [2.05, 4.69) is 35.6 Å². The molecule has 6 rings (SSSR count). The molecule has 248 valence electrons. The smallest absolute Gasteiger partial charge is 0.231 e. The molecule has 4 aliphatic rings. The number of fused-ring (bicyclic) bond motifs is 9. The number of likely N-dealkylation sites (N-methyl/N-ethyl adjacent to an activating group) is 1. The molecule has 46 heavy (non-hydrogen) atoms. The summed E-state index contributed by atoms with van der Waals surface area (Å²) < 4.78 is 48.4. The molecule has 0 amide bonds. The molecule has 0 N–H and O–H groups in total. The third kappa shape index (κ3) is 5.07. The van der Waals surface area contributed by atoms with Gasteiger partial charge in [-0.3, -0.25) is 9.80 Å². The predicted molar refractivity (Wildman–Crippen MR) is 170 cm³/mol. The van der Waals surface area contributed by atoms with Crippen molar-refractivity contribution in [3.8, 4) is 34.8 Å². The van der Waals surface area contributed by atoms with Gasteiger partial charge >= 0.3 is 0 Å². The molecule has 2 bridgehead atoms. The van der Waals surface area contributed by atoms with Gasteiger partial charge in [-0.15, -0.1) is 0 Å². The van der Waals surface area contributed by atoms with Gasteiger partial charge in [0.05, 0.1) is 31.9 Å². The zero-order valence-electron chi connectivity index (χ0n) is 28.1. The van der Waals surface area contributed by atoms with Crippen LogP contribution in [-0.4, -0.2) is 88.9 Å². The topological polar surface area (TPSA) is 104 Å². The molecule has 5 atom stereocenters. The van der Waals surface area contributed by atoms with E-state index in [1.807, 2.05) is 27.7 Å². The quantitative estimate of drug-likeness (QED) is 0.252. The second kappa shape index (κ2) is 12.6. The Bertz CT molecular complexity index is 1550. The maximum atomic E-state index is 10.9. The molecule has 2 aromatic rings. The molecular weight excluding hydrogens is 590 g/mol. The van der Waals surface area contributed by atoms with Gasteiger partial charge < -0.3 is 37.9 Å². The van der Waals surface area contributed by atoms with Crippen LogP contribution in [0.25, 0.3) is 0 Å². The van der Waals surface area contributed by atoms with E-state index in [0.29, 0.717) is 42.4 Å². The fourth-order valence-electron chi connectivity index (χ4n) is 7.90. The number of hydrogen-bond acceptors (Lipinski definition) is 11. The van der Waals surface area contributed by atoms with Crippen molar-refractivity contribution < 1.29 is 37.9 Å². The largest absolute Gasteiger partial charge is 0.493 e. The number of nitriles is 1. The summed E-state index contributed by atoms with van der Waals surface area (Å²) in [5.41, 5.74) is 6.01. The average Bonchev–Trinajstić information content (AvgIpc) is 3.53. The van der Waals surface area contributed by atoms with Crippen molar-refractivity contribution in [3.05, 3.63) is 52.1 Å². The van der Waals surface area contributed by atoms with Crippen LogP contribution in [0.3, 0.4) is 0 Å². The standard InChI is InChI=1S/C35H45N3O8/c1-10-11-42-31-20(3)32-34(45-18-44-32)28-22(31)14-24-29-27-21(12-19(2)30(40-8)33(27)43-17-39-7)13-23(37(29)6)25(15-36)38(24)26(28)16-46-35(4,5)41-9/h10,12,23-26,29H,1,11,13-14,16-18H2,2-9H3/t23-,24?,25?,26?,29-/m0/s1. The maximum absolute atomic E-state index is 10.9. The normalized spacial score (nSPS) is 24.8. The molecule has 0 aliphatic carbocycles. The Hall–Kier alpha value is -3.53. The Labute approximate surface area is 271 Å². The summed E-state index contributed by atoms with van der Waals surface area (Å²) >= 11 is 0. The SMILES string of the molecule is C=CCOc1c(C)c2c(c3c1CC1[C@H]4c5c(cc(C)c(OC)c5OCOC)C[C@@H](C(C#N)N1C3COC(C)(C)OC)N4C)OCO2. The molecule has 0 saturated carbocycles. The fraction of sp³-hybridized carbons (Fsp3) is 0.571. The predicted octanol–water partition coefficient (Wildman–Crippen LogP) is 4.76. The van der Waals surface area contributed by atoms with E-state index in [-0.39, 0.29) is 44.4 Å². The van der Waals surface area contributed by atoms with Crippen molar-refractivity contribution in [2.24, 2.45) is 0 Å². The number of piperazine rings is 1. The van der Waals surface area contributed by atoms with E-state index < -0.39 is 11.8 Å². The molecule has 11 nitrogen and oxygen atoms in total. The molecule has 11 heteroatoms. The Morgan fingerprint density at radius 2 is 1.80 bits per heavy atom. The molecule has 0 spiro atoms. The number of nitrogens with zero attached hydrogens (tertiary/aromatic N) is 3. The van der Waals surface area contributed by atoms with Crippen molar-refractivity contribution >= 4 is 0 Å². The molecule has 4 aliphatic heterocycles. The van der Waals surface area contributed by atoms with Crippen LogP contribution < -0.4 is 23.7 Å². The lowest BCUT2D eigenvalue weighted by Gasteiger charge is -2.60. The van der Waals surface area contributed by atoms with E-state index in [4.69, 9.17) is 37.9 Å². The van der Waals surface area contributed by atoms with Crippen LogP contribution in [0.15, 0.2) is 18.7 Å². The number of benzene rings is 2. The molecule has 3 unspecified atom stereocenters. The van der Waals surface area contributed by atoms with Gasteiger partial charge in [-0.25, -0.2) is 0 Å². The van der Waals surface area contributed by atoms with E-state index in [1.54, 1.807) is 27.4 Å². The first-order valence-electron chi connectivity index (χ1n) is 15.7. The molecule has 0 radical (unpaired) electrons. The zero-order chi connectivity index (χ0) is 32.9. The van der Waals surface area contributed by atoms with E-state index in [9.17, 15) is 5.26 Å². The lowest BCUT2D eigenvalue weighted by molar-refractivity contribution is -0.212. The molecule has 1 fully saturated rings. The highest BCUT2D eigenvalue weighted by atomic mass is 16.7. The highest BCUT2D eigenvalue weighted by Crippen LogP contribution is 2.58. The van der Waals surface area contributed by atoms with Crippen molar-refractivity contribution in [2.75, 3.05) is 55.2 Å². The Morgan fingerprint density at radius 3 is 2.48 bits per heavy atom. The lowest BCUT2D eigenvalue weighted by Crippen LogP contribution is -2.68. The number of methoxy groups -OCH3 is 3. The maximum Gasteiger partial charge on any atom is 0.231 e. The number of rotatable bonds is 11. The van der Waals surface area contributed by atoms with Gasteiger partial charge in [0.15, 0.2) is 35.6 Å². The van der Waals surface area contributed by atoms with Gasteiger partial charge in [0.1, 0.15) is 18.4 Å². The highest BCUT2D eigenvalue weighted by Gasteiger charge is 2.57. The zero-order valence-corrected chi connectivity index (χ0v) is 28.1. The molecule has 2 aromatic carbocycles. The Morgan fingerprint density at radius 1 is 1.04 bits per heavy atom. The van der Waals surface area contributed by atoms with Gasteiger partial charge in [-0.1, -0.05) is 18.7 Å². The summed E-state index contributed by atoms with van der Waals surface area (Å²) in [6.07, 6.45) is 2.99. The summed E-state index contributed by atoms with van der Waals surface area (Å²) in [6.45, 7) is 12.5. The van der Waals surface area contributed by atoms with Gasteiger partial charge in [-0.2, -0.15) is 5.26 Å². The van der Waals surface area contributed by atoms with E-state index >= 15 is 0 Å². The summed E-state index contributed by atoms with van der Waals surface area (Å²) in [7, 11) is 7.02. The minimum atomic E-state index is -0.857. The lowest BCUT2D eigenvalue weighted by atomic mass is 9.71. The first-order chi connectivity index (χ1) is 22.1. The van der Waals surface area contributed by atoms with E-state index in [1.165, 1.54) is 0 Å². The molecule has 0 aromatic heterocycles. The monoisotopic (exact) mass is 635 g/mol. The second-order valence-electron chi connectivity index (χ2n) is 12.8. The minimum Gasteiger partial charge on any atom is -0.493 e. The molecule has 4 heterocycles. The third-order valence-corrected chi connectivity index (χ3v) is 9.99. The minimum absolute atomic E-state index is 0.0783. The van der Waals surface area contributed by atoms with Crippen molar-refractivity contribution in [1.29, 1.82) is 5.26 Å². The highest BCUT2D eigenvalue weighted by molar-refractivity contribution is 5.66. The van der Waals surface area contributed by atoms with E-state index in [0.717, 1.165) is 39.1 Å². The van der Waals surface area contributed by atoms with Crippen LogP contribution in [0, 0.1) is 25.2 Å². The van der Waals surface area contributed by atoms with Crippen molar-refractivity contribution in [3.63, 3.8) is 0 Å². The average molecular weight is 636 g/mol. The Kier molecular flexibility index (Phi) is 8.87. The summed E-state index contributed by atoms with van der Waals surface area (Å²) in [6, 6.07) is 3.67. The van der Waals surface area contributed by atoms with Crippen LogP contribution in [0.5, 0.6) is 28.7 Å². The van der Waals surface area contributed by atoms with Gasteiger partial charge in [0.25, 0.3) is 0 Å². The summed E-state index contributed by atoms with van der Waals surface area (Å²) in [4.78, 5) is 4.69. The number of ether oxygens (including phenoxy) is 8. The summed E-state index contributed by atoms with van der Waals surface area (Å²) in [5, 5.41) is 10.9. The van der Waals surface area contributed by atoms with Crippen molar-refractivity contribution in [2.45, 2.75) is 76.5 Å². The molecule has 1 saturated heterocycles. The second-order valence-corrected chi connectivity index (χ2v) is 12.8. The third-order valence-electron chi connectivity index (χ3n) is 9.99. The fourth-order valence-corrected chi connectivity index (χ4v) is 7.90. The van der Waals surface area contributed by atoms with Gasteiger partial charge in [0, 0.05) is 48.6 Å². The van der Waals surface area contributed by atoms with Crippen LogP contribution >= 0.6 is 0 Å². The number of hydrogen-bond donors (Lipinski definition) is 0. The van der Waals surface area contributed by atoms with Crippen LogP contribution in [0.1, 0.15) is 59.3 Å². The molecular formula is C35H45N3O8.